The Kier molecular flexibility index (Phi) is 3.48. The van der Waals surface area contributed by atoms with Crippen LogP contribution in [0.2, 0.25) is 0 Å². The smallest absolute Gasteiger partial charge is 0.231 e. The molecule has 1 aliphatic heterocycles. The summed E-state index contributed by atoms with van der Waals surface area (Å²) in [5, 5.41) is 9.74. The lowest BCUT2D eigenvalue weighted by atomic mass is 10.1. The van der Waals surface area contributed by atoms with Gasteiger partial charge in [-0.05, 0) is 36.2 Å². The summed E-state index contributed by atoms with van der Waals surface area (Å²) >= 11 is 0. The van der Waals surface area contributed by atoms with Crippen LogP contribution >= 0.6 is 0 Å². The average Bonchev–Trinajstić information content (AvgIpc) is 2.95. The summed E-state index contributed by atoms with van der Waals surface area (Å²) < 4.78 is 16.3. The van der Waals surface area contributed by atoms with Gasteiger partial charge in [-0.3, -0.25) is 0 Å². The number of ether oxygens (including phenoxy) is 3. The molecular formula is C16H16O4. The summed E-state index contributed by atoms with van der Waals surface area (Å²) in [6.45, 7) is 2.20. The van der Waals surface area contributed by atoms with Gasteiger partial charge in [-0.2, -0.15) is 0 Å². The van der Waals surface area contributed by atoms with Crippen LogP contribution < -0.4 is 14.2 Å². The number of hydrogen-bond donors (Lipinski definition) is 1. The zero-order valence-corrected chi connectivity index (χ0v) is 11.2. The van der Waals surface area contributed by atoms with Gasteiger partial charge in [-0.15, -0.1) is 0 Å². The lowest BCUT2D eigenvalue weighted by molar-refractivity contribution is 0.173. The van der Waals surface area contributed by atoms with E-state index in [1.807, 2.05) is 43.3 Å². The first kappa shape index (κ1) is 12.8. The minimum atomic E-state index is -0.422. The van der Waals surface area contributed by atoms with Crippen molar-refractivity contribution in [2.75, 3.05) is 6.79 Å². The number of benzene rings is 2. The summed E-state index contributed by atoms with van der Waals surface area (Å²) in [5.41, 5.74) is 0.894. The van der Waals surface area contributed by atoms with Crippen LogP contribution in [0.25, 0.3) is 0 Å². The van der Waals surface area contributed by atoms with Crippen molar-refractivity contribution in [3.8, 4) is 23.0 Å². The molecule has 0 aliphatic carbocycles. The van der Waals surface area contributed by atoms with Crippen molar-refractivity contribution in [3.05, 3.63) is 48.0 Å². The molecule has 1 N–H and O–H groups in total. The van der Waals surface area contributed by atoms with Crippen LogP contribution in [0, 0.1) is 0 Å². The molecule has 20 heavy (non-hydrogen) atoms. The Hall–Kier alpha value is -2.20. The highest BCUT2D eigenvalue weighted by atomic mass is 16.7. The third-order valence-corrected chi connectivity index (χ3v) is 3.23. The van der Waals surface area contributed by atoms with E-state index in [0.29, 0.717) is 17.9 Å². The third kappa shape index (κ3) is 2.56. The molecule has 0 saturated carbocycles. The van der Waals surface area contributed by atoms with Gasteiger partial charge in [0, 0.05) is 6.07 Å². The van der Waals surface area contributed by atoms with Gasteiger partial charge in [0.2, 0.25) is 6.79 Å². The van der Waals surface area contributed by atoms with Gasteiger partial charge in [0.1, 0.15) is 11.5 Å². The van der Waals surface area contributed by atoms with Gasteiger partial charge in [0.15, 0.2) is 11.5 Å². The van der Waals surface area contributed by atoms with Crippen molar-refractivity contribution in [1.29, 1.82) is 0 Å². The first-order chi connectivity index (χ1) is 9.76. The molecule has 1 atom stereocenters. The molecule has 0 bridgehead atoms. The first-order valence-electron chi connectivity index (χ1n) is 6.62. The molecule has 3 rings (SSSR count). The van der Waals surface area contributed by atoms with Crippen LogP contribution in [0.1, 0.15) is 25.0 Å². The molecule has 0 fully saturated rings. The fourth-order valence-electron chi connectivity index (χ4n) is 2.07. The molecule has 0 radical (unpaired) electrons. The molecule has 2 aromatic rings. The van der Waals surface area contributed by atoms with Crippen LogP contribution in [-0.2, 0) is 0 Å². The molecule has 1 heterocycles. The predicted molar refractivity (Wildman–Crippen MR) is 74.3 cm³/mol. The van der Waals surface area contributed by atoms with Crippen molar-refractivity contribution in [2.45, 2.75) is 19.4 Å². The number of hydrogen-bond acceptors (Lipinski definition) is 4. The molecule has 0 unspecified atom stereocenters. The average molecular weight is 272 g/mol. The van der Waals surface area contributed by atoms with Gasteiger partial charge in [-0.25, -0.2) is 0 Å². The van der Waals surface area contributed by atoms with E-state index in [2.05, 4.69) is 0 Å². The lowest BCUT2D eigenvalue weighted by Crippen LogP contribution is -1.94. The molecule has 4 nitrogen and oxygen atoms in total. The maximum atomic E-state index is 9.74. The highest BCUT2D eigenvalue weighted by molar-refractivity contribution is 5.48. The van der Waals surface area contributed by atoms with E-state index in [1.165, 1.54) is 0 Å². The number of aliphatic hydroxyl groups is 1. The van der Waals surface area contributed by atoms with Gasteiger partial charge in [-0.1, -0.05) is 19.1 Å². The van der Waals surface area contributed by atoms with Gasteiger partial charge < -0.3 is 19.3 Å². The van der Waals surface area contributed by atoms with Crippen LogP contribution in [0.3, 0.4) is 0 Å². The Morgan fingerprint density at radius 2 is 1.75 bits per heavy atom. The summed E-state index contributed by atoms with van der Waals surface area (Å²) in [6, 6.07) is 12.9. The molecule has 0 spiro atoms. The molecule has 0 amide bonds. The van der Waals surface area contributed by atoms with E-state index in [4.69, 9.17) is 14.2 Å². The van der Waals surface area contributed by atoms with Crippen molar-refractivity contribution in [3.63, 3.8) is 0 Å². The monoisotopic (exact) mass is 272 g/mol. The molecule has 2 aromatic carbocycles. The molecule has 104 valence electrons. The Morgan fingerprint density at radius 3 is 2.50 bits per heavy atom. The van der Waals surface area contributed by atoms with Crippen LogP contribution in [0.15, 0.2) is 42.5 Å². The summed E-state index contributed by atoms with van der Waals surface area (Å²) in [4.78, 5) is 0. The quantitative estimate of drug-likeness (QED) is 0.922. The molecular weight excluding hydrogens is 256 g/mol. The Morgan fingerprint density at radius 1 is 1.05 bits per heavy atom. The largest absolute Gasteiger partial charge is 0.457 e. The molecule has 0 aromatic heterocycles. The Bertz CT molecular complexity index is 592. The van der Waals surface area contributed by atoms with Gasteiger partial charge in [0.05, 0.1) is 6.10 Å². The standard InChI is InChI=1S/C16H16O4/c1-2-14(17)11-3-5-12(6-4-11)20-13-7-8-15-16(9-13)19-10-18-15/h3-9,14,17H,2,10H2,1H3/t14-/m1/s1. The second kappa shape index (κ2) is 5.43. The third-order valence-electron chi connectivity index (χ3n) is 3.23. The summed E-state index contributed by atoms with van der Waals surface area (Å²) in [6.07, 6.45) is 0.275. The van der Waals surface area contributed by atoms with E-state index in [-0.39, 0.29) is 6.79 Å². The van der Waals surface area contributed by atoms with Crippen molar-refractivity contribution >= 4 is 0 Å². The maximum Gasteiger partial charge on any atom is 0.231 e. The van der Waals surface area contributed by atoms with Crippen LogP contribution in [0.4, 0.5) is 0 Å². The minimum absolute atomic E-state index is 0.252. The predicted octanol–water partition coefficient (Wildman–Crippen LogP) is 3.65. The second-order valence-corrected chi connectivity index (χ2v) is 4.61. The molecule has 1 aliphatic rings. The number of aliphatic hydroxyl groups excluding tert-OH is 1. The summed E-state index contributed by atoms with van der Waals surface area (Å²) in [7, 11) is 0. The van der Waals surface area contributed by atoms with Crippen molar-refractivity contribution in [2.24, 2.45) is 0 Å². The SMILES string of the molecule is CC[C@@H](O)c1ccc(Oc2ccc3c(c2)OCO3)cc1. The number of fused-ring (bicyclic) bond motifs is 1. The normalized spacial score (nSPS) is 14.1. The number of rotatable bonds is 4. The van der Waals surface area contributed by atoms with Gasteiger partial charge >= 0.3 is 0 Å². The van der Waals surface area contributed by atoms with E-state index < -0.39 is 6.10 Å². The highest BCUT2D eigenvalue weighted by Gasteiger charge is 2.14. The van der Waals surface area contributed by atoms with Crippen LogP contribution in [-0.4, -0.2) is 11.9 Å². The van der Waals surface area contributed by atoms with Crippen LogP contribution in [0.5, 0.6) is 23.0 Å². The Labute approximate surface area is 117 Å². The summed E-state index contributed by atoms with van der Waals surface area (Å²) in [5.74, 6) is 2.84. The molecule has 4 heteroatoms. The second-order valence-electron chi connectivity index (χ2n) is 4.61. The van der Waals surface area contributed by atoms with E-state index in [1.54, 1.807) is 6.07 Å². The topological polar surface area (TPSA) is 47.9 Å². The zero-order valence-electron chi connectivity index (χ0n) is 11.2. The fourth-order valence-corrected chi connectivity index (χ4v) is 2.07. The lowest BCUT2D eigenvalue weighted by Gasteiger charge is -2.10. The maximum absolute atomic E-state index is 9.74. The Balaban J connectivity index is 1.74. The zero-order chi connectivity index (χ0) is 13.9. The fraction of sp³-hybridized carbons (Fsp3) is 0.250. The minimum Gasteiger partial charge on any atom is -0.457 e. The highest BCUT2D eigenvalue weighted by Crippen LogP contribution is 2.36. The first-order valence-corrected chi connectivity index (χ1v) is 6.62. The van der Waals surface area contributed by atoms with E-state index >= 15 is 0 Å². The van der Waals surface area contributed by atoms with Crippen molar-refractivity contribution < 1.29 is 19.3 Å². The van der Waals surface area contributed by atoms with Crippen molar-refractivity contribution in [1.82, 2.24) is 0 Å². The molecule has 0 saturated heterocycles. The van der Waals surface area contributed by atoms with E-state index in [9.17, 15) is 5.11 Å². The van der Waals surface area contributed by atoms with E-state index in [0.717, 1.165) is 17.1 Å². The van der Waals surface area contributed by atoms with Gasteiger partial charge in [0.25, 0.3) is 0 Å².